The molecule has 0 spiro atoms. The van der Waals surface area contributed by atoms with Crippen LogP contribution < -0.4 is 11.1 Å². The minimum Gasteiger partial charge on any atom is -0.382 e. The Kier molecular flexibility index (Phi) is 2.75. The summed E-state index contributed by atoms with van der Waals surface area (Å²) in [5.41, 5.74) is 8.05. The standard InChI is InChI=1S/C11H14N8/c1-19-4-7(16-6-19)2-3-13-11-17-9(12)8-10(18-11)15-5-14-8/h4-6H,2-3H2,1H3,(H4,12,13,14,15,17,18). The van der Waals surface area contributed by atoms with Gasteiger partial charge in [0.15, 0.2) is 11.5 Å². The second kappa shape index (κ2) is 4.56. The number of H-pyrrole nitrogens is 1. The molecule has 3 aromatic heterocycles. The maximum atomic E-state index is 5.81. The molecule has 0 saturated carbocycles. The molecule has 0 aliphatic rings. The predicted octanol–water partition coefficient (Wildman–Crippen LogP) is 0.323. The number of aromatic nitrogens is 6. The van der Waals surface area contributed by atoms with E-state index in [1.54, 1.807) is 12.7 Å². The Morgan fingerprint density at radius 2 is 2.26 bits per heavy atom. The van der Waals surface area contributed by atoms with Crippen molar-refractivity contribution in [2.24, 2.45) is 7.05 Å². The first kappa shape index (κ1) is 11.5. The number of imidazole rings is 2. The van der Waals surface area contributed by atoms with Gasteiger partial charge in [0, 0.05) is 26.2 Å². The van der Waals surface area contributed by atoms with Gasteiger partial charge >= 0.3 is 0 Å². The van der Waals surface area contributed by atoms with Gasteiger partial charge in [0.1, 0.15) is 5.52 Å². The second-order valence-electron chi connectivity index (χ2n) is 4.24. The molecule has 0 unspecified atom stereocenters. The number of nitrogens with two attached hydrogens (primary N) is 1. The fraction of sp³-hybridized carbons (Fsp3) is 0.273. The highest BCUT2D eigenvalue weighted by atomic mass is 15.2. The van der Waals surface area contributed by atoms with Gasteiger partial charge in [-0.1, -0.05) is 0 Å². The van der Waals surface area contributed by atoms with Gasteiger partial charge in [0.2, 0.25) is 5.95 Å². The van der Waals surface area contributed by atoms with E-state index in [0.29, 0.717) is 29.5 Å². The molecular formula is C11H14N8. The molecule has 0 atom stereocenters. The Labute approximate surface area is 109 Å². The molecule has 0 amide bonds. The minimum atomic E-state index is 0.392. The van der Waals surface area contributed by atoms with Crippen LogP contribution in [0.15, 0.2) is 18.9 Å². The summed E-state index contributed by atoms with van der Waals surface area (Å²) in [5.74, 6) is 0.871. The van der Waals surface area contributed by atoms with E-state index in [2.05, 4.69) is 30.2 Å². The monoisotopic (exact) mass is 258 g/mol. The molecule has 0 aliphatic carbocycles. The molecule has 8 nitrogen and oxygen atoms in total. The SMILES string of the molecule is Cn1cnc(CCNc2nc(N)c3[nH]cnc3n2)c1. The number of aryl methyl sites for hydroxylation is 1. The van der Waals surface area contributed by atoms with Crippen molar-refractivity contribution in [1.29, 1.82) is 0 Å². The molecule has 0 fully saturated rings. The zero-order valence-electron chi connectivity index (χ0n) is 10.5. The van der Waals surface area contributed by atoms with Gasteiger partial charge in [-0.15, -0.1) is 0 Å². The number of rotatable bonds is 4. The summed E-state index contributed by atoms with van der Waals surface area (Å²) in [6.07, 6.45) is 6.10. The van der Waals surface area contributed by atoms with Crippen LogP contribution in [0.25, 0.3) is 11.2 Å². The lowest BCUT2D eigenvalue weighted by atomic mass is 10.3. The average Bonchev–Trinajstić information content (AvgIpc) is 2.98. The molecule has 4 N–H and O–H groups in total. The zero-order valence-corrected chi connectivity index (χ0v) is 10.5. The summed E-state index contributed by atoms with van der Waals surface area (Å²) in [6, 6.07) is 0. The first-order chi connectivity index (χ1) is 9.22. The van der Waals surface area contributed by atoms with Gasteiger partial charge < -0.3 is 20.6 Å². The molecule has 0 aromatic carbocycles. The smallest absolute Gasteiger partial charge is 0.226 e. The lowest BCUT2D eigenvalue weighted by Gasteiger charge is -2.04. The Balaban J connectivity index is 1.68. The molecule has 0 aliphatic heterocycles. The molecule has 19 heavy (non-hydrogen) atoms. The summed E-state index contributed by atoms with van der Waals surface area (Å²) >= 11 is 0. The quantitative estimate of drug-likeness (QED) is 0.621. The lowest BCUT2D eigenvalue weighted by molar-refractivity contribution is 0.909. The highest BCUT2D eigenvalue weighted by molar-refractivity contribution is 5.82. The van der Waals surface area contributed by atoms with Crippen LogP contribution in [-0.4, -0.2) is 36.0 Å². The fourth-order valence-corrected chi connectivity index (χ4v) is 1.83. The Morgan fingerprint density at radius 3 is 3.05 bits per heavy atom. The predicted molar refractivity (Wildman–Crippen MR) is 71.5 cm³/mol. The third-order valence-electron chi connectivity index (χ3n) is 2.74. The van der Waals surface area contributed by atoms with Gasteiger partial charge in [-0.05, 0) is 0 Å². The molecule has 8 heteroatoms. The summed E-state index contributed by atoms with van der Waals surface area (Å²) in [5, 5.41) is 3.12. The van der Waals surface area contributed by atoms with Gasteiger partial charge in [0.05, 0.1) is 18.3 Å². The van der Waals surface area contributed by atoms with Gasteiger partial charge in [-0.25, -0.2) is 9.97 Å². The van der Waals surface area contributed by atoms with E-state index in [0.717, 1.165) is 12.1 Å². The van der Waals surface area contributed by atoms with E-state index in [1.165, 1.54) is 0 Å². The number of fused-ring (bicyclic) bond motifs is 1. The largest absolute Gasteiger partial charge is 0.382 e. The van der Waals surface area contributed by atoms with Crippen LogP contribution in [0.4, 0.5) is 11.8 Å². The summed E-state index contributed by atoms with van der Waals surface area (Å²) in [6.45, 7) is 0.687. The maximum Gasteiger partial charge on any atom is 0.226 e. The Hall–Kier alpha value is -2.64. The molecule has 98 valence electrons. The molecule has 0 bridgehead atoms. The van der Waals surface area contributed by atoms with Crippen LogP contribution >= 0.6 is 0 Å². The van der Waals surface area contributed by atoms with Gasteiger partial charge in [0.25, 0.3) is 0 Å². The van der Waals surface area contributed by atoms with Crippen molar-refractivity contribution >= 4 is 22.9 Å². The van der Waals surface area contributed by atoms with E-state index < -0.39 is 0 Å². The van der Waals surface area contributed by atoms with Gasteiger partial charge in [-0.3, -0.25) is 0 Å². The highest BCUT2D eigenvalue weighted by Crippen LogP contribution is 2.14. The third kappa shape index (κ3) is 2.32. The van der Waals surface area contributed by atoms with E-state index in [-0.39, 0.29) is 0 Å². The average molecular weight is 258 g/mol. The van der Waals surface area contributed by atoms with Gasteiger partial charge in [-0.2, -0.15) is 9.97 Å². The first-order valence-electron chi connectivity index (χ1n) is 5.89. The Bertz CT molecular complexity index is 698. The topological polar surface area (TPSA) is 110 Å². The maximum absolute atomic E-state index is 5.81. The first-order valence-corrected chi connectivity index (χ1v) is 5.89. The van der Waals surface area contributed by atoms with Crippen molar-refractivity contribution in [3.63, 3.8) is 0 Å². The number of aromatic amines is 1. The van der Waals surface area contributed by atoms with E-state index in [4.69, 9.17) is 5.73 Å². The Morgan fingerprint density at radius 1 is 1.37 bits per heavy atom. The fourth-order valence-electron chi connectivity index (χ4n) is 1.83. The van der Waals surface area contributed by atoms with Crippen LogP contribution in [0.3, 0.4) is 0 Å². The van der Waals surface area contributed by atoms with Crippen LogP contribution in [0.1, 0.15) is 5.69 Å². The summed E-state index contributed by atoms with van der Waals surface area (Å²) in [4.78, 5) is 19.6. The summed E-state index contributed by atoms with van der Waals surface area (Å²) < 4.78 is 1.92. The van der Waals surface area contributed by atoms with Crippen molar-refractivity contribution < 1.29 is 0 Å². The number of nitrogens with one attached hydrogen (secondary N) is 2. The molecule has 0 radical (unpaired) electrons. The lowest BCUT2D eigenvalue weighted by Crippen LogP contribution is -2.09. The van der Waals surface area contributed by atoms with Crippen molar-refractivity contribution in [2.75, 3.05) is 17.6 Å². The van der Waals surface area contributed by atoms with Crippen molar-refractivity contribution in [2.45, 2.75) is 6.42 Å². The molecule has 3 rings (SSSR count). The molecule has 0 saturated heterocycles. The van der Waals surface area contributed by atoms with E-state index >= 15 is 0 Å². The van der Waals surface area contributed by atoms with Crippen LogP contribution in [-0.2, 0) is 13.5 Å². The number of nitrogens with zero attached hydrogens (tertiary/aromatic N) is 5. The van der Waals surface area contributed by atoms with Crippen molar-refractivity contribution in [1.82, 2.24) is 29.5 Å². The third-order valence-corrected chi connectivity index (χ3v) is 2.74. The van der Waals surface area contributed by atoms with E-state index in [1.807, 2.05) is 17.8 Å². The molecule has 3 aromatic rings. The number of hydrogen-bond donors (Lipinski definition) is 3. The molecule has 3 heterocycles. The van der Waals surface area contributed by atoms with Crippen molar-refractivity contribution in [3.8, 4) is 0 Å². The highest BCUT2D eigenvalue weighted by Gasteiger charge is 2.06. The number of nitrogen functional groups attached to an aromatic ring is 1. The normalized spacial score (nSPS) is 11.0. The second-order valence-corrected chi connectivity index (χ2v) is 4.24. The van der Waals surface area contributed by atoms with Crippen LogP contribution in [0.5, 0.6) is 0 Å². The van der Waals surface area contributed by atoms with Crippen molar-refractivity contribution in [3.05, 3.63) is 24.5 Å². The summed E-state index contributed by atoms with van der Waals surface area (Å²) in [7, 11) is 1.94. The molecular weight excluding hydrogens is 244 g/mol. The number of anilines is 2. The minimum absolute atomic E-state index is 0.392. The number of hydrogen-bond acceptors (Lipinski definition) is 6. The van der Waals surface area contributed by atoms with Crippen LogP contribution in [0.2, 0.25) is 0 Å². The van der Waals surface area contributed by atoms with E-state index in [9.17, 15) is 0 Å². The zero-order chi connectivity index (χ0) is 13.2. The van der Waals surface area contributed by atoms with Crippen LogP contribution in [0, 0.1) is 0 Å².